The van der Waals surface area contributed by atoms with Crippen LogP contribution in [0.3, 0.4) is 0 Å². The monoisotopic (exact) mass is 512 g/mol. The number of ether oxygens (including phenoxy) is 4. The Morgan fingerprint density at radius 3 is 2.66 bits per heavy atom. The zero-order valence-corrected chi connectivity index (χ0v) is 20.7. The topological polar surface area (TPSA) is 88.4 Å². The molecule has 0 aliphatic carbocycles. The highest BCUT2D eigenvalue weighted by atomic mass is 35.5. The van der Waals surface area contributed by atoms with Crippen molar-refractivity contribution in [2.24, 2.45) is 4.99 Å². The summed E-state index contributed by atoms with van der Waals surface area (Å²) < 4.78 is 23.3. The summed E-state index contributed by atoms with van der Waals surface area (Å²) in [7, 11) is 1.58. The largest absolute Gasteiger partial charge is 0.497 e. The molecule has 180 valence electrons. The number of carbonyl (C=O) groups excluding carboxylic acids is 1. The molecule has 3 aromatic rings. The molecular weight excluding hydrogens is 492 g/mol. The van der Waals surface area contributed by atoms with Gasteiger partial charge in [0.2, 0.25) is 6.79 Å². The Bertz CT molecular complexity index is 1540. The SMILES string of the molecule is CCOC(=O)C1=C(C)N=c2s/c(=C/c3cc4c(cc3Cl)OCO4)c(=O)n2[C@@H]1c1ccc(OC)cc1. The highest BCUT2D eigenvalue weighted by molar-refractivity contribution is 7.07. The minimum Gasteiger partial charge on any atom is -0.497 e. The molecule has 2 aliphatic rings. The second-order valence-electron chi connectivity index (χ2n) is 7.80. The van der Waals surface area contributed by atoms with E-state index in [2.05, 4.69) is 4.99 Å². The first-order chi connectivity index (χ1) is 16.9. The van der Waals surface area contributed by atoms with E-state index in [1.165, 1.54) is 15.9 Å². The summed E-state index contributed by atoms with van der Waals surface area (Å²) in [5.41, 5.74) is 1.87. The highest BCUT2D eigenvalue weighted by Crippen LogP contribution is 2.37. The van der Waals surface area contributed by atoms with E-state index in [4.69, 9.17) is 30.5 Å². The Kier molecular flexibility index (Phi) is 6.12. The van der Waals surface area contributed by atoms with Gasteiger partial charge in [0, 0.05) is 6.07 Å². The molecule has 2 aromatic carbocycles. The van der Waals surface area contributed by atoms with Crippen molar-refractivity contribution in [3.05, 3.63) is 83.5 Å². The van der Waals surface area contributed by atoms with Crippen molar-refractivity contribution in [2.75, 3.05) is 20.5 Å². The van der Waals surface area contributed by atoms with Crippen LogP contribution in [0.2, 0.25) is 5.02 Å². The van der Waals surface area contributed by atoms with Crippen LogP contribution in [0.4, 0.5) is 0 Å². The Balaban J connectivity index is 1.70. The van der Waals surface area contributed by atoms with Gasteiger partial charge in [-0.2, -0.15) is 0 Å². The van der Waals surface area contributed by atoms with Crippen LogP contribution in [-0.4, -0.2) is 31.0 Å². The molecule has 2 aliphatic heterocycles. The molecule has 0 N–H and O–H groups in total. The average Bonchev–Trinajstić information content (AvgIpc) is 3.42. The summed E-state index contributed by atoms with van der Waals surface area (Å²) >= 11 is 7.66. The molecule has 1 aromatic heterocycles. The Labute approximate surface area is 209 Å². The molecule has 35 heavy (non-hydrogen) atoms. The number of aromatic nitrogens is 1. The lowest BCUT2D eigenvalue weighted by Crippen LogP contribution is -2.39. The number of hydrogen-bond donors (Lipinski definition) is 0. The van der Waals surface area contributed by atoms with Crippen LogP contribution < -0.4 is 29.1 Å². The second kappa shape index (κ2) is 9.24. The van der Waals surface area contributed by atoms with Gasteiger partial charge in [0.05, 0.1) is 40.6 Å². The molecule has 0 amide bonds. The van der Waals surface area contributed by atoms with Crippen molar-refractivity contribution in [1.29, 1.82) is 0 Å². The molecule has 5 rings (SSSR count). The second-order valence-corrected chi connectivity index (χ2v) is 9.22. The zero-order valence-electron chi connectivity index (χ0n) is 19.2. The quantitative estimate of drug-likeness (QED) is 0.488. The van der Waals surface area contributed by atoms with Gasteiger partial charge in [-0.25, -0.2) is 9.79 Å². The van der Waals surface area contributed by atoms with E-state index in [1.807, 2.05) is 12.1 Å². The van der Waals surface area contributed by atoms with E-state index in [-0.39, 0.29) is 19.0 Å². The lowest BCUT2D eigenvalue weighted by Gasteiger charge is -2.24. The lowest BCUT2D eigenvalue weighted by atomic mass is 9.96. The van der Waals surface area contributed by atoms with Gasteiger partial charge >= 0.3 is 5.97 Å². The number of thiazole rings is 1. The molecule has 0 radical (unpaired) electrons. The van der Waals surface area contributed by atoms with E-state index in [9.17, 15) is 9.59 Å². The van der Waals surface area contributed by atoms with Gasteiger partial charge in [-0.15, -0.1) is 0 Å². The Morgan fingerprint density at radius 1 is 1.26 bits per heavy atom. The number of carbonyl (C=O) groups is 1. The fourth-order valence-corrected chi connectivity index (χ4v) is 5.32. The molecule has 0 saturated heterocycles. The molecule has 8 nitrogen and oxygen atoms in total. The van der Waals surface area contributed by atoms with E-state index in [0.717, 1.165) is 5.56 Å². The van der Waals surface area contributed by atoms with E-state index in [0.29, 0.717) is 48.4 Å². The van der Waals surface area contributed by atoms with Gasteiger partial charge in [0.15, 0.2) is 16.3 Å². The molecule has 0 unspecified atom stereocenters. The molecule has 0 spiro atoms. The van der Waals surface area contributed by atoms with Crippen LogP contribution >= 0.6 is 22.9 Å². The molecule has 0 bridgehead atoms. The molecule has 0 fully saturated rings. The molecular formula is C25H21ClN2O6S. The van der Waals surface area contributed by atoms with Gasteiger partial charge in [0.25, 0.3) is 5.56 Å². The third-order valence-corrected chi connectivity index (χ3v) is 7.04. The van der Waals surface area contributed by atoms with Crippen molar-refractivity contribution < 1.29 is 23.7 Å². The summed E-state index contributed by atoms with van der Waals surface area (Å²) in [4.78, 5) is 31.7. The van der Waals surface area contributed by atoms with Crippen LogP contribution in [0.1, 0.15) is 31.0 Å². The number of halogens is 1. The lowest BCUT2D eigenvalue weighted by molar-refractivity contribution is -0.139. The Hall–Kier alpha value is -3.56. The fraction of sp³-hybridized carbons (Fsp3) is 0.240. The van der Waals surface area contributed by atoms with E-state index in [1.54, 1.807) is 51.3 Å². The summed E-state index contributed by atoms with van der Waals surface area (Å²) in [6.07, 6.45) is 1.70. The number of hydrogen-bond acceptors (Lipinski definition) is 8. The van der Waals surface area contributed by atoms with E-state index >= 15 is 0 Å². The van der Waals surface area contributed by atoms with Gasteiger partial charge in [-0.3, -0.25) is 9.36 Å². The predicted octanol–water partition coefficient (Wildman–Crippen LogP) is 3.19. The number of benzene rings is 2. The standard InChI is InChI=1S/C25H21ClN2O6S/c1-4-32-24(30)21-13(2)27-25-28(22(21)14-5-7-16(31-3)8-6-14)23(29)20(35-25)10-15-9-18-19(11-17(15)26)34-12-33-18/h5-11,22H,4,12H2,1-3H3/b20-10+/t22-/m1/s1. The number of allylic oxidation sites excluding steroid dienone is 1. The molecule has 10 heteroatoms. The average molecular weight is 513 g/mol. The van der Waals surface area contributed by atoms with Gasteiger partial charge in [0.1, 0.15) is 5.75 Å². The maximum Gasteiger partial charge on any atom is 0.338 e. The summed E-state index contributed by atoms with van der Waals surface area (Å²) in [5, 5.41) is 0.426. The molecule has 0 saturated carbocycles. The highest BCUT2D eigenvalue weighted by Gasteiger charge is 2.33. The summed E-state index contributed by atoms with van der Waals surface area (Å²) in [6, 6.07) is 9.92. The molecule has 1 atom stereocenters. The van der Waals surface area contributed by atoms with Crippen LogP contribution in [-0.2, 0) is 9.53 Å². The van der Waals surface area contributed by atoms with Gasteiger partial charge in [-0.05, 0) is 49.2 Å². The summed E-state index contributed by atoms with van der Waals surface area (Å²) in [6.45, 7) is 3.81. The van der Waals surface area contributed by atoms with E-state index < -0.39 is 12.0 Å². The van der Waals surface area contributed by atoms with Crippen molar-refractivity contribution >= 4 is 35.0 Å². The van der Waals surface area contributed by atoms with Crippen molar-refractivity contribution in [2.45, 2.75) is 19.9 Å². The van der Waals surface area contributed by atoms with Crippen molar-refractivity contribution in [1.82, 2.24) is 4.57 Å². The van der Waals surface area contributed by atoms with Crippen LogP contribution in [0.25, 0.3) is 6.08 Å². The smallest absolute Gasteiger partial charge is 0.338 e. The third kappa shape index (κ3) is 4.11. The fourth-order valence-electron chi connectivity index (χ4n) is 4.08. The number of methoxy groups -OCH3 is 1. The van der Waals surface area contributed by atoms with Gasteiger partial charge < -0.3 is 18.9 Å². The first-order valence-electron chi connectivity index (χ1n) is 10.8. The first-order valence-corrected chi connectivity index (χ1v) is 12.0. The minimum absolute atomic E-state index is 0.120. The number of fused-ring (bicyclic) bond motifs is 2. The number of rotatable bonds is 5. The zero-order chi connectivity index (χ0) is 24.7. The van der Waals surface area contributed by atoms with Crippen molar-refractivity contribution in [3.63, 3.8) is 0 Å². The Morgan fingerprint density at radius 2 is 1.97 bits per heavy atom. The number of esters is 1. The first kappa shape index (κ1) is 23.2. The molecule has 3 heterocycles. The van der Waals surface area contributed by atoms with Crippen LogP contribution in [0.15, 0.2) is 57.5 Å². The minimum atomic E-state index is -0.703. The third-order valence-electron chi connectivity index (χ3n) is 5.73. The maximum absolute atomic E-state index is 13.7. The van der Waals surface area contributed by atoms with Crippen LogP contribution in [0, 0.1) is 0 Å². The van der Waals surface area contributed by atoms with Crippen molar-refractivity contribution in [3.8, 4) is 17.2 Å². The summed E-state index contributed by atoms with van der Waals surface area (Å²) in [5.74, 6) is 1.27. The van der Waals surface area contributed by atoms with Crippen LogP contribution in [0.5, 0.6) is 17.2 Å². The van der Waals surface area contributed by atoms with Gasteiger partial charge in [-0.1, -0.05) is 35.1 Å². The predicted molar refractivity (Wildman–Crippen MR) is 131 cm³/mol. The normalized spacial score (nSPS) is 16.7. The maximum atomic E-state index is 13.7. The number of nitrogens with zero attached hydrogens (tertiary/aromatic N) is 2.